The summed E-state index contributed by atoms with van der Waals surface area (Å²) in [7, 11) is 1.53. The van der Waals surface area contributed by atoms with Gasteiger partial charge in [0.15, 0.2) is 5.13 Å². The smallest absolute Gasteiger partial charge is 0.350 e. The van der Waals surface area contributed by atoms with Crippen molar-refractivity contribution in [1.29, 1.82) is 0 Å². The Morgan fingerprint density at radius 2 is 1.85 bits per heavy atom. The van der Waals surface area contributed by atoms with Gasteiger partial charge in [-0.3, -0.25) is 14.5 Å². The van der Waals surface area contributed by atoms with Crippen LogP contribution in [0, 0.1) is 6.92 Å². The highest BCUT2D eigenvalue weighted by Gasteiger charge is 2.48. The zero-order valence-corrected chi connectivity index (χ0v) is 23.0. The molecular weight excluding hydrogens is 520 g/mol. The van der Waals surface area contributed by atoms with E-state index in [1.807, 2.05) is 0 Å². The van der Waals surface area contributed by atoms with Gasteiger partial charge in [-0.15, -0.1) is 0 Å². The van der Waals surface area contributed by atoms with Crippen LogP contribution in [-0.2, 0) is 14.3 Å². The van der Waals surface area contributed by atoms with Gasteiger partial charge in [0.2, 0.25) is 0 Å². The number of aliphatic hydroxyl groups excluding tert-OH is 1. The summed E-state index contributed by atoms with van der Waals surface area (Å²) >= 11 is 0.958. The van der Waals surface area contributed by atoms with Gasteiger partial charge in [0.1, 0.15) is 22.1 Å². The van der Waals surface area contributed by atoms with Gasteiger partial charge in [0.25, 0.3) is 5.78 Å². The molecule has 1 saturated heterocycles. The van der Waals surface area contributed by atoms with Crippen molar-refractivity contribution >= 4 is 39.9 Å². The molecule has 1 amide bonds. The number of thiazole rings is 1. The van der Waals surface area contributed by atoms with Gasteiger partial charge in [-0.1, -0.05) is 48.9 Å². The SMILES string of the molecule is CCCCOc1cccc(/C(O)=C2\C(=O)C(=O)N(c3nc(C)c(C(=O)OCC)s3)C2c2ccc(OC)cc2)c1. The molecule has 39 heavy (non-hydrogen) atoms. The molecule has 4 rings (SSSR count). The van der Waals surface area contributed by atoms with E-state index in [2.05, 4.69) is 11.9 Å². The summed E-state index contributed by atoms with van der Waals surface area (Å²) in [5.41, 5.74) is 1.17. The van der Waals surface area contributed by atoms with Gasteiger partial charge in [-0.25, -0.2) is 9.78 Å². The summed E-state index contributed by atoms with van der Waals surface area (Å²) in [5.74, 6) is -1.50. The van der Waals surface area contributed by atoms with Crippen molar-refractivity contribution in [3.05, 3.63) is 75.8 Å². The number of carbonyl (C=O) groups excluding carboxylic acids is 3. The molecule has 10 heteroatoms. The van der Waals surface area contributed by atoms with Crippen molar-refractivity contribution < 1.29 is 33.7 Å². The van der Waals surface area contributed by atoms with Gasteiger partial charge in [-0.05, 0) is 50.1 Å². The van der Waals surface area contributed by atoms with Gasteiger partial charge >= 0.3 is 11.9 Å². The maximum atomic E-state index is 13.5. The number of hydrogen-bond acceptors (Lipinski definition) is 9. The Bertz CT molecular complexity index is 1410. The van der Waals surface area contributed by atoms with Crippen LogP contribution in [-0.4, -0.2) is 48.1 Å². The van der Waals surface area contributed by atoms with Crippen molar-refractivity contribution in [3.63, 3.8) is 0 Å². The predicted molar refractivity (Wildman–Crippen MR) is 147 cm³/mol. The Kier molecular flexibility index (Phi) is 8.65. The highest BCUT2D eigenvalue weighted by atomic mass is 32.1. The molecule has 1 N–H and O–H groups in total. The fourth-order valence-corrected chi connectivity index (χ4v) is 5.21. The highest BCUT2D eigenvalue weighted by Crippen LogP contribution is 2.44. The van der Waals surface area contributed by atoms with Crippen LogP contribution in [0.4, 0.5) is 5.13 Å². The van der Waals surface area contributed by atoms with E-state index in [1.165, 1.54) is 12.0 Å². The quantitative estimate of drug-likeness (QED) is 0.117. The second kappa shape index (κ2) is 12.1. The van der Waals surface area contributed by atoms with Crippen molar-refractivity contribution in [3.8, 4) is 11.5 Å². The van der Waals surface area contributed by atoms with Crippen LogP contribution in [0.25, 0.3) is 5.76 Å². The van der Waals surface area contributed by atoms with Gasteiger partial charge < -0.3 is 19.3 Å². The van der Waals surface area contributed by atoms with Gasteiger partial charge in [0.05, 0.1) is 37.6 Å². The monoisotopic (exact) mass is 550 g/mol. The van der Waals surface area contributed by atoms with Crippen molar-refractivity contribution in [1.82, 2.24) is 4.98 Å². The number of anilines is 1. The molecule has 0 radical (unpaired) electrons. The van der Waals surface area contributed by atoms with E-state index in [-0.39, 0.29) is 27.9 Å². The van der Waals surface area contributed by atoms with E-state index >= 15 is 0 Å². The molecule has 1 fully saturated rings. The Balaban J connectivity index is 1.85. The van der Waals surface area contributed by atoms with E-state index in [1.54, 1.807) is 62.4 Å². The molecule has 1 aliphatic rings. The first-order valence-electron chi connectivity index (χ1n) is 12.6. The zero-order chi connectivity index (χ0) is 28.1. The third-order valence-electron chi connectivity index (χ3n) is 6.20. The molecule has 0 aliphatic carbocycles. The Hall–Kier alpha value is -4.18. The van der Waals surface area contributed by atoms with Crippen LogP contribution >= 0.6 is 11.3 Å². The number of methoxy groups -OCH3 is 1. The molecular formula is C29H30N2O7S. The molecule has 0 spiro atoms. The highest BCUT2D eigenvalue weighted by molar-refractivity contribution is 7.17. The number of aryl methyl sites for hydroxylation is 1. The lowest BCUT2D eigenvalue weighted by Gasteiger charge is -2.23. The Morgan fingerprint density at radius 1 is 1.10 bits per heavy atom. The van der Waals surface area contributed by atoms with Crippen molar-refractivity contribution in [2.45, 2.75) is 39.7 Å². The fourth-order valence-electron chi connectivity index (χ4n) is 4.23. The largest absolute Gasteiger partial charge is 0.507 e. The van der Waals surface area contributed by atoms with E-state index in [0.717, 1.165) is 24.2 Å². The summed E-state index contributed by atoms with van der Waals surface area (Å²) in [4.78, 5) is 45.2. The van der Waals surface area contributed by atoms with E-state index in [9.17, 15) is 19.5 Å². The molecule has 1 aliphatic heterocycles. The molecule has 3 aromatic rings. The topological polar surface area (TPSA) is 115 Å². The second-order valence-corrected chi connectivity index (χ2v) is 9.78. The minimum absolute atomic E-state index is 0.0959. The van der Waals surface area contributed by atoms with E-state index in [4.69, 9.17) is 14.2 Å². The number of ether oxygens (including phenoxy) is 3. The molecule has 0 bridgehead atoms. The molecule has 1 aromatic heterocycles. The number of amides is 1. The molecule has 9 nitrogen and oxygen atoms in total. The van der Waals surface area contributed by atoms with Crippen LogP contribution in [0.5, 0.6) is 11.5 Å². The summed E-state index contributed by atoms with van der Waals surface area (Å²) in [6.45, 7) is 6.09. The lowest BCUT2D eigenvalue weighted by atomic mass is 9.95. The normalized spacial score (nSPS) is 16.4. The minimum Gasteiger partial charge on any atom is -0.507 e. The molecule has 204 valence electrons. The number of hydrogen-bond donors (Lipinski definition) is 1. The average Bonchev–Trinajstić information content (AvgIpc) is 3.45. The molecule has 1 atom stereocenters. The maximum absolute atomic E-state index is 13.5. The van der Waals surface area contributed by atoms with Gasteiger partial charge in [0, 0.05) is 5.56 Å². The van der Waals surface area contributed by atoms with Gasteiger partial charge in [-0.2, -0.15) is 0 Å². The fraction of sp³-hybridized carbons (Fsp3) is 0.310. The minimum atomic E-state index is -0.999. The molecule has 0 saturated carbocycles. The number of nitrogens with zero attached hydrogens (tertiary/aromatic N) is 2. The third-order valence-corrected chi connectivity index (χ3v) is 7.34. The maximum Gasteiger partial charge on any atom is 0.350 e. The first-order chi connectivity index (χ1) is 18.8. The number of benzene rings is 2. The predicted octanol–water partition coefficient (Wildman–Crippen LogP) is 5.44. The molecule has 2 aromatic carbocycles. The third kappa shape index (κ3) is 5.65. The lowest BCUT2D eigenvalue weighted by molar-refractivity contribution is -0.132. The van der Waals surface area contributed by atoms with Crippen LogP contribution in [0.1, 0.15) is 59.2 Å². The lowest BCUT2D eigenvalue weighted by Crippen LogP contribution is -2.29. The standard InChI is InChI=1S/C29H30N2O7S/c1-5-7-15-38-21-10-8-9-19(16-21)24(32)22-23(18-11-13-20(36-4)14-12-18)31(27(34)25(22)33)29-30-17(3)26(39-29)28(35)37-6-2/h8-14,16,23,32H,5-7,15H2,1-4H3/b24-22+. The molecule has 2 heterocycles. The summed E-state index contributed by atoms with van der Waals surface area (Å²) in [6.07, 6.45) is 1.85. The van der Waals surface area contributed by atoms with E-state index < -0.39 is 23.7 Å². The van der Waals surface area contributed by atoms with Crippen molar-refractivity contribution in [2.24, 2.45) is 0 Å². The number of aliphatic hydroxyl groups is 1. The average molecular weight is 551 g/mol. The van der Waals surface area contributed by atoms with E-state index in [0.29, 0.717) is 34.9 Å². The molecule has 1 unspecified atom stereocenters. The van der Waals surface area contributed by atoms with Crippen LogP contribution in [0.15, 0.2) is 54.1 Å². The summed E-state index contributed by atoms with van der Waals surface area (Å²) in [5, 5.41) is 11.6. The number of aromatic nitrogens is 1. The number of carbonyl (C=O) groups is 3. The zero-order valence-electron chi connectivity index (χ0n) is 22.2. The Morgan fingerprint density at radius 3 is 2.51 bits per heavy atom. The van der Waals surface area contributed by atoms with Crippen LogP contribution in [0.2, 0.25) is 0 Å². The first kappa shape index (κ1) is 27.8. The Labute approximate surface area is 230 Å². The first-order valence-corrected chi connectivity index (χ1v) is 13.4. The number of Topliss-reactive ketones (excluding diaryl/α,β-unsaturated/α-hetero) is 1. The summed E-state index contributed by atoms with van der Waals surface area (Å²) in [6, 6.07) is 12.6. The van der Waals surface area contributed by atoms with Crippen molar-refractivity contribution in [2.75, 3.05) is 25.2 Å². The number of rotatable bonds is 10. The number of ketones is 1. The second-order valence-electron chi connectivity index (χ2n) is 8.80. The number of unbranched alkanes of at least 4 members (excludes halogenated alkanes) is 1. The van der Waals surface area contributed by atoms with Crippen LogP contribution in [0.3, 0.4) is 0 Å². The van der Waals surface area contributed by atoms with Crippen LogP contribution < -0.4 is 14.4 Å². The summed E-state index contributed by atoms with van der Waals surface area (Å²) < 4.78 is 16.2. The number of esters is 1.